The van der Waals surface area contributed by atoms with Crippen molar-refractivity contribution >= 4 is 17.8 Å². The predicted molar refractivity (Wildman–Crippen MR) is 103 cm³/mol. The lowest BCUT2D eigenvalue weighted by Gasteiger charge is -2.42. The molecule has 1 aromatic heterocycles. The number of aromatic nitrogens is 1. The summed E-state index contributed by atoms with van der Waals surface area (Å²) in [5, 5.41) is 14.7. The zero-order valence-electron chi connectivity index (χ0n) is 15.9. The van der Waals surface area contributed by atoms with Crippen LogP contribution in [0.5, 0.6) is 0 Å². The topological polar surface area (TPSA) is 97.8 Å². The number of amides is 2. The number of hydrogen-bond acceptors (Lipinski definition) is 5. The van der Waals surface area contributed by atoms with Gasteiger partial charge in [0.05, 0.1) is 6.54 Å². The lowest BCUT2D eigenvalue weighted by molar-refractivity contribution is -0.139. The number of nitrogens with zero attached hydrogens (tertiary/aromatic N) is 3. The molecule has 8 nitrogen and oxygen atoms in total. The smallest absolute Gasteiger partial charge is 0.317 e. The number of carboxylic acid groups (broad SMARTS) is 1. The van der Waals surface area contributed by atoms with Crippen LogP contribution in [0, 0.1) is 0 Å². The third kappa shape index (κ3) is 5.32. The summed E-state index contributed by atoms with van der Waals surface area (Å²) in [5.74, 6) is 0.193. The second kappa shape index (κ2) is 9.03. The lowest BCUT2D eigenvalue weighted by Crippen LogP contribution is -2.56. The zero-order chi connectivity index (χ0) is 19.2. The minimum atomic E-state index is -0.810. The van der Waals surface area contributed by atoms with Crippen LogP contribution in [0.2, 0.25) is 0 Å². The molecular formula is C19H29N5O3. The Morgan fingerprint density at radius 3 is 2.63 bits per heavy atom. The fourth-order valence-corrected chi connectivity index (χ4v) is 3.75. The van der Waals surface area contributed by atoms with Gasteiger partial charge in [-0.15, -0.1) is 0 Å². The van der Waals surface area contributed by atoms with E-state index in [9.17, 15) is 9.59 Å². The second-order valence-electron chi connectivity index (χ2n) is 7.32. The molecule has 1 aliphatic carbocycles. The summed E-state index contributed by atoms with van der Waals surface area (Å²) in [6, 6.07) is 4.17. The maximum absolute atomic E-state index is 12.1. The minimum absolute atomic E-state index is 0.0561. The van der Waals surface area contributed by atoms with E-state index in [4.69, 9.17) is 5.11 Å². The van der Waals surface area contributed by atoms with Crippen molar-refractivity contribution in [3.05, 3.63) is 23.9 Å². The summed E-state index contributed by atoms with van der Waals surface area (Å²) in [6.07, 6.45) is 5.85. The monoisotopic (exact) mass is 375 g/mol. The van der Waals surface area contributed by atoms with Crippen molar-refractivity contribution in [2.24, 2.45) is 0 Å². The van der Waals surface area contributed by atoms with Gasteiger partial charge in [-0.2, -0.15) is 0 Å². The van der Waals surface area contributed by atoms with Gasteiger partial charge in [0, 0.05) is 37.9 Å². The van der Waals surface area contributed by atoms with Crippen LogP contribution in [-0.2, 0) is 11.3 Å². The number of carboxylic acids is 1. The standard InChI is InChI=1S/C19H29N5O3/c1-2-23(13-18(25)26)16-9-15(10-16)22-19(27)21-12-14-5-6-17(20-11-14)24-7-3-4-8-24/h5-6,11,15-16H,2-4,7-10,12-13H2,1H3,(H,25,26)(H2,21,22,27). The fourth-order valence-electron chi connectivity index (χ4n) is 3.75. The summed E-state index contributed by atoms with van der Waals surface area (Å²) in [4.78, 5) is 31.6. The van der Waals surface area contributed by atoms with E-state index in [0.717, 1.165) is 37.3 Å². The van der Waals surface area contributed by atoms with E-state index in [2.05, 4.69) is 20.5 Å². The molecule has 1 aliphatic heterocycles. The highest BCUT2D eigenvalue weighted by Gasteiger charge is 2.34. The molecule has 3 rings (SSSR count). The average Bonchev–Trinajstić information content (AvgIpc) is 3.16. The van der Waals surface area contributed by atoms with Gasteiger partial charge in [-0.1, -0.05) is 13.0 Å². The Morgan fingerprint density at radius 1 is 1.30 bits per heavy atom. The zero-order valence-corrected chi connectivity index (χ0v) is 15.9. The molecule has 1 saturated carbocycles. The van der Waals surface area contributed by atoms with Crippen molar-refractivity contribution in [1.82, 2.24) is 20.5 Å². The van der Waals surface area contributed by atoms with Crippen LogP contribution in [0.25, 0.3) is 0 Å². The summed E-state index contributed by atoms with van der Waals surface area (Å²) < 4.78 is 0. The number of likely N-dealkylation sites (N-methyl/N-ethyl adjacent to an activating group) is 1. The van der Waals surface area contributed by atoms with E-state index in [1.165, 1.54) is 12.8 Å². The Morgan fingerprint density at radius 2 is 2.04 bits per heavy atom. The van der Waals surface area contributed by atoms with Gasteiger partial charge in [-0.3, -0.25) is 9.69 Å². The van der Waals surface area contributed by atoms with Crippen LogP contribution in [0.15, 0.2) is 18.3 Å². The van der Waals surface area contributed by atoms with Crippen LogP contribution in [0.1, 0.15) is 38.2 Å². The first-order valence-electron chi connectivity index (χ1n) is 9.75. The molecule has 8 heteroatoms. The van der Waals surface area contributed by atoms with Gasteiger partial charge in [0.2, 0.25) is 0 Å². The van der Waals surface area contributed by atoms with Crippen molar-refractivity contribution in [3.8, 4) is 0 Å². The minimum Gasteiger partial charge on any atom is -0.480 e. The number of anilines is 1. The van der Waals surface area contributed by atoms with Crippen LogP contribution in [0.4, 0.5) is 10.6 Å². The summed E-state index contributed by atoms with van der Waals surface area (Å²) in [6.45, 7) is 5.29. The number of nitrogens with one attached hydrogen (secondary N) is 2. The number of rotatable bonds is 8. The number of urea groups is 1. The first-order chi connectivity index (χ1) is 13.0. The lowest BCUT2D eigenvalue weighted by atomic mass is 9.85. The van der Waals surface area contributed by atoms with Gasteiger partial charge >= 0.3 is 12.0 Å². The van der Waals surface area contributed by atoms with Gasteiger partial charge in [-0.05, 0) is 43.9 Å². The van der Waals surface area contributed by atoms with E-state index in [1.54, 1.807) is 0 Å². The fraction of sp³-hybridized carbons (Fsp3) is 0.632. The molecule has 0 aromatic carbocycles. The van der Waals surface area contributed by atoms with Crippen molar-refractivity contribution in [3.63, 3.8) is 0 Å². The first kappa shape index (κ1) is 19.4. The van der Waals surface area contributed by atoms with Crippen LogP contribution in [0.3, 0.4) is 0 Å². The molecule has 2 fully saturated rings. The van der Waals surface area contributed by atoms with E-state index >= 15 is 0 Å². The molecular weight excluding hydrogens is 346 g/mol. The normalized spacial score (nSPS) is 21.8. The number of aliphatic carboxylic acids is 1. The van der Waals surface area contributed by atoms with Crippen molar-refractivity contribution in [1.29, 1.82) is 0 Å². The number of carbonyl (C=O) groups excluding carboxylic acids is 1. The van der Waals surface area contributed by atoms with Crippen molar-refractivity contribution in [2.75, 3.05) is 31.1 Å². The highest BCUT2D eigenvalue weighted by molar-refractivity contribution is 5.74. The molecule has 2 amide bonds. The molecule has 2 aliphatic rings. The van der Waals surface area contributed by atoms with Crippen molar-refractivity contribution in [2.45, 2.75) is 51.2 Å². The SMILES string of the molecule is CCN(CC(=O)O)C1CC(NC(=O)NCc2ccc(N3CCCC3)nc2)C1. The van der Waals surface area contributed by atoms with E-state index in [-0.39, 0.29) is 24.7 Å². The largest absolute Gasteiger partial charge is 0.480 e. The number of hydrogen-bond donors (Lipinski definition) is 3. The van der Waals surface area contributed by atoms with E-state index < -0.39 is 5.97 Å². The van der Waals surface area contributed by atoms with Gasteiger partial charge in [0.1, 0.15) is 5.82 Å². The molecule has 3 N–H and O–H groups in total. The van der Waals surface area contributed by atoms with Gasteiger partial charge in [-0.25, -0.2) is 9.78 Å². The number of pyridine rings is 1. The third-order valence-corrected chi connectivity index (χ3v) is 5.40. The molecule has 0 unspecified atom stereocenters. The third-order valence-electron chi connectivity index (χ3n) is 5.40. The van der Waals surface area contributed by atoms with E-state index in [1.807, 2.05) is 30.2 Å². The Labute approximate surface area is 159 Å². The van der Waals surface area contributed by atoms with Gasteiger partial charge < -0.3 is 20.6 Å². The first-order valence-corrected chi connectivity index (χ1v) is 9.75. The molecule has 1 saturated heterocycles. The Bertz CT molecular complexity index is 639. The molecule has 1 aromatic rings. The van der Waals surface area contributed by atoms with E-state index in [0.29, 0.717) is 13.1 Å². The molecule has 0 radical (unpaired) electrons. The van der Waals surface area contributed by atoms with Gasteiger partial charge in [0.15, 0.2) is 0 Å². The quantitative estimate of drug-likeness (QED) is 0.636. The number of carbonyl (C=O) groups is 2. The highest BCUT2D eigenvalue weighted by Crippen LogP contribution is 2.25. The maximum Gasteiger partial charge on any atom is 0.317 e. The Kier molecular flexibility index (Phi) is 6.49. The van der Waals surface area contributed by atoms with Crippen LogP contribution < -0.4 is 15.5 Å². The molecule has 0 atom stereocenters. The summed E-state index contributed by atoms with van der Waals surface area (Å²) in [7, 11) is 0. The van der Waals surface area contributed by atoms with Crippen LogP contribution in [-0.4, -0.2) is 65.3 Å². The molecule has 0 spiro atoms. The molecule has 2 heterocycles. The highest BCUT2D eigenvalue weighted by atomic mass is 16.4. The second-order valence-corrected chi connectivity index (χ2v) is 7.32. The molecule has 0 bridgehead atoms. The molecule has 27 heavy (non-hydrogen) atoms. The Hall–Kier alpha value is -2.35. The van der Waals surface area contributed by atoms with Gasteiger partial charge in [0.25, 0.3) is 0 Å². The van der Waals surface area contributed by atoms with Crippen molar-refractivity contribution < 1.29 is 14.7 Å². The maximum atomic E-state index is 12.1. The summed E-state index contributed by atoms with van der Waals surface area (Å²) in [5.41, 5.74) is 0.971. The average molecular weight is 375 g/mol. The van der Waals surface area contributed by atoms with Crippen LogP contribution >= 0.6 is 0 Å². The predicted octanol–water partition coefficient (Wildman–Crippen LogP) is 1.42. The molecule has 148 valence electrons. The summed E-state index contributed by atoms with van der Waals surface area (Å²) >= 11 is 0. The Balaban J connectivity index is 1.36.